The van der Waals surface area contributed by atoms with Crippen LogP contribution >= 0.6 is 0 Å². The maximum atomic E-state index is 7.51. The third kappa shape index (κ3) is 26.9. The number of benzene rings is 4. The van der Waals surface area contributed by atoms with Crippen molar-refractivity contribution < 1.29 is 38.0 Å². The van der Waals surface area contributed by atoms with Crippen LogP contribution in [0.1, 0.15) is 364 Å². The van der Waals surface area contributed by atoms with E-state index in [1.807, 2.05) is 4.73 Å². The van der Waals surface area contributed by atoms with Crippen LogP contribution in [-0.2, 0) is 0 Å². The molecule has 7 aromatic rings. The van der Waals surface area contributed by atoms with E-state index in [0.717, 1.165) is 176 Å². The average molecular weight is 1540 g/mol. The smallest absolute Gasteiger partial charge is 0.208 e. The molecule has 618 valence electrons. The minimum absolute atomic E-state index is 0.384. The number of hydrogen-bond donors (Lipinski definition) is 1. The number of aromatic nitrogens is 8. The van der Waals surface area contributed by atoms with E-state index >= 15 is 0 Å². The molecule has 0 spiro atoms. The van der Waals surface area contributed by atoms with E-state index in [9.17, 15) is 0 Å². The van der Waals surface area contributed by atoms with Crippen LogP contribution in [0.15, 0.2) is 54.6 Å². The molecule has 9 rings (SSSR count). The highest BCUT2D eigenvalue weighted by Gasteiger charge is 2.35. The van der Waals surface area contributed by atoms with Crippen LogP contribution in [0.4, 0.5) is 0 Å². The topological polar surface area (TPSA) is 172 Å². The van der Waals surface area contributed by atoms with Gasteiger partial charge in [0.2, 0.25) is 17.2 Å². The maximum absolute atomic E-state index is 7.51. The minimum atomic E-state index is 0.384. The van der Waals surface area contributed by atoms with Crippen molar-refractivity contribution in [1.29, 1.82) is 0 Å². The number of nitrogens with one attached hydrogen (secondary N) is 1. The predicted molar refractivity (Wildman–Crippen MR) is 467 cm³/mol. The lowest BCUT2D eigenvalue weighted by Crippen LogP contribution is -2.13. The summed E-state index contributed by atoms with van der Waals surface area (Å²) >= 11 is 0. The molecule has 0 unspecified atom stereocenters. The Balaban J connectivity index is 1.43. The van der Waals surface area contributed by atoms with Crippen molar-refractivity contribution in [2.75, 3.05) is 52.9 Å². The molecule has 8 bridgehead atoms. The number of ether oxygens (including phenoxy) is 7. The lowest BCUT2D eigenvalue weighted by molar-refractivity contribution is 0.123. The fraction of sp³-hybridized carbons (Fsp3) is 0.667. The van der Waals surface area contributed by atoms with E-state index in [-0.39, 0.29) is 0 Å². The van der Waals surface area contributed by atoms with Crippen LogP contribution in [0.25, 0.3) is 89.7 Å². The van der Waals surface area contributed by atoms with Gasteiger partial charge in [-0.2, -0.15) is 0 Å². The highest BCUT2D eigenvalue weighted by Crippen LogP contribution is 2.56. The highest BCUT2D eigenvalue weighted by atomic mass is 16.7. The Labute approximate surface area is 675 Å². The Morgan fingerprint density at radius 3 is 0.929 bits per heavy atom. The first-order chi connectivity index (χ1) is 55.4. The molecular formula is C96H146N8O8. The van der Waals surface area contributed by atoms with E-state index in [0.29, 0.717) is 161 Å². The van der Waals surface area contributed by atoms with Crippen molar-refractivity contribution in [3.8, 4) is 85.8 Å². The largest absolute Gasteiger partial charge is 0.490 e. The van der Waals surface area contributed by atoms with Crippen molar-refractivity contribution in [3.05, 3.63) is 54.6 Å². The second kappa shape index (κ2) is 52.2. The molecule has 2 aliphatic rings. The fourth-order valence-electron chi connectivity index (χ4n) is 15.5. The summed E-state index contributed by atoms with van der Waals surface area (Å²) in [6.07, 6.45) is 53.3. The lowest BCUT2D eigenvalue weighted by atomic mass is 10.0. The third-order valence-electron chi connectivity index (χ3n) is 22.1. The van der Waals surface area contributed by atoms with Gasteiger partial charge in [0.05, 0.1) is 62.6 Å². The third-order valence-corrected chi connectivity index (χ3v) is 22.1. The summed E-state index contributed by atoms with van der Waals surface area (Å²) in [5.74, 6) is 5.67. The number of fused-ring (bicyclic) bond motifs is 20. The minimum Gasteiger partial charge on any atom is -0.490 e. The Morgan fingerprint density at radius 1 is 0.259 bits per heavy atom. The fourth-order valence-corrected chi connectivity index (χ4v) is 15.5. The van der Waals surface area contributed by atoms with Crippen molar-refractivity contribution in [2.24, 2.45) is 0 Å². The first-order valence-electron chi connectivity index (χ1n) is 45.9. The Bertz CT molecular complexity index is 4000. The number of rotatable bonds is 64. The molecule has 4 aromatic carbocycles. The van der Waals surface area contributed by atoms with Gasteiger partial charge < -0.3 is 43.0 Å². The SMILES string of the molecule is CCCCCCCCOc1cc2c(c(OCCCCCCCC)c1OCCCCCCCC)-c1nc-2nc2c3ccccc3c(nc3nc(nc4[nH]c(n1)c1c(OCCCCCCCC)c(OCCCCCCCC)c(OCCCCCCCC)c(OCCCCCCCC)c41)-c1ccccc1-3)n2OCCCCCCCC. The molecule has 2 aliphatic heterocycles. The molecule has 5 heterocycles. The number of H-pyrrole nitrogens is 1. The van der Waals surface area contributed by atoms with E-state index in [4.69, 9.17) is 67.9 Å². The van der Waals surface area contributed by atoms with Gasteiger partial charge in [0.1, 0.15) is 17.9 Å². The van der Waals surface area contributed by atoms with Crippen molar-refractivity contribution in [1.82, 2.24) is 39.6 Å². The van der Waals surface area contributed by atoms with Gasteiger partial charge in [-0.25, -0.2) is 29.9 Å². The summed E-state index contributed by atoms with van der Waals surface area (Å²) in [7, 11) is 0. The molecule has 0 fully saturated rings. The van der Waals surface area contributed by atoms with Crippen molar-refractivity contribution in [2.45, 2.75) is 364 Å². The van der Waals surface area contributed by atoms with Gasteiger partial charge in [0.15, 0.2) is 57.6 Å². The number of aromatic amines is 1. The lowest BCUT2D eigenvalue weighted by Gasteiger charge is -2.22. The van der Waals surface area contributed by atoms with Crippen LogP contribution in [0.2, 0.25) is 0 Å². The number of unbranched alkanes of at least 4 members (excludes halogenated alkanes) is 40. The van der Waals surface area contributed by atoms with E-state index in [2.05, 4.69) is 115 Å². The van der Waals surface area contributed by atoms with Crippen LogP contribution in [0.5, 0.6) is 40.2 Å². The standard InChI is InChI=1S/C96H146N8O8/c1-9-17-25-33-41-53-65-105-79-73-78-80(84(107-67-55-43-35-27-19-11-3)83(79)106-66-54-42-34-26-18-10-2)92-99-91(78)103-96-77-64-52-51-63-76(77)95(104(96)112-72-60-48-40-32-24-16-8)102-90-75-62-50-49-61-74(75)89(97-90)98-93-81-82(94(100-92)101-93)86(109-69-57-45-37-29-21-13-5)88(111-71-59-47-39-31-23-15-7)87(110-70-58-46-38-30-22-14-6)85(81)108-68-56-44-36-28-20-12-4/h49-52,61-64,73H,9-48,53-60,65-72H2,1-8H3,(H,97,98,99,100,101,102,103). The van der Waals surface area contributed by atoms with E-state index in [1.54, 1.807) is 0 Å². The zero-order valence-electron chi connectivity index (χ0n) is 71.2. The number of hydrogen-bond acceptors (Lipinski definition) is 14. The molecule has 0 saturated carbocycles. The van der Waals surface area contributed by atoms with Gasteiger partial charge in [-0.15, -0.1) is 4.73 Å². The maximum Gasteiger partial charge on any atom is 0.208 e. The zero-order chi connectivity index (χ0) is 78.4. The van der Waals surface area contributed by atoms with Gasteiger partial charge in [0.25, 0.3) is 0 Å². The second-order valence-electron chi connectivity index (χ2n) is 31.8. The predicted octanol–water partition coefficient (Wildman–Crippen LogP) is 28.3. The summed E-state index contributed by atoms with van der Waals surface area (Å²) in [6.45, 7) is 21.9. The van der Waals surface area contributed by atoms with Crippen LogP contribution in [0.3, 0.4) is 0 Å². The summed E-state index contributed by atoms with van der Waals surface area (Å²) < 4.78 is 53.4. The molecule has 3 aromatic heterocycles. The molecule has 0 amide bonds. The highest BCUT2D eigenvalue weighted by molar-refractivity contribution is 6.14. The van der Waals surface area contributed by atoms with Gasteiger partial charge >= 0.3 is 0 Å². The number of nitrogens with zero attached hydrogens (tertiary/aromatic N) is 7. The summed E-state index contributed by atoms with van der Waals surface area (Å²) in [5, 5.41) is 3.04. The zero-order valence-corrected chi connectivity index (χ0v) is 71.2. The molecule has 0 atom stereocenters. The molecule has 1 N–H and O–H groups in total. The summed E-state index contributed by atoms with van der Waals surface area (Å²) in [6, 6.07) is 18.7. The Kier molecular flexibility index (Phi) is 41.3. The average Bonchev–Trinajstić information content (AvgIpc) is 1.49. The molecule has 0 aliphatic carbocycles. The van der Waals surface area contributed by atoms with Crippen LogP contribution in [-0.4, -0.2) is 92.5 Å². The monoisotopic (exact) mass is 1540 g/mol. The molecule has 0 saturated heterocycles. The first kappa shape index (κ1) is 88.6. The van der Waals surface area contributed by atoms with Gasteiger partial charge in [0, 0.05) is 27.5 Å². The van der Waals surface area contributed by atoms with Crippen molar-refractivity contribution in [3.63, 3.8) is 0 Å². The Hall–Kier alpha value is -7.36. The van der Waals surface area contributed by atoms with Gasteiger partial charge in [-0.05, 0) is 63.9 Å². The van der Waals surface area contributed by atoms with Crippen molar-refractivity contribution >= 4 is 44.1 Å². The quantitative estimate of drug-likeness (QED) is 0.0357. The molecule has 16 nitrogen and oxygen atoms in total. The molecule has 112 heavy (non-hydrogen) atoms. The molecule has 0 radical (unpaired) electrons. The first-order valence-corrected chi connectivity index (χ1v) is 45.9. The van der Waals surface area contributed by atoms with E-state index in [1.165, 1.54) is 154 Å². The normalized spacial score (nSPS) is 11.8. The van der Waals surface area contributed by atoms with E-state index < -0.39 is 0 Å². The van der Waals surface area contributed by atoms with Gasteiger partial charge in [-0.3, -0.25) is 0 Å². The van der Waals surface area contributed by atoms with Crippen LogP contribution < -0.4 is 38.0 Å². The Morgan fingerprint density at radius 2 is 0.545 bits per heavy atom. The molecular weight excluding hydrogens is 1390 g/mol. The van der Waals surface area contributed by atoms with Gasteiger partial charge in [-0.1, -0.05) is 354 Å². The second-order valence-corrected chi connectivity index (χ2v) is 31.8. The summed E-state index contributed by atoms with van der Waals surface area (Å²) in [4.78, 5) is 45.6. The van der Waals surface area contributed by atoms with Crippen LogP contribution in [0, 0.1) is 0 Å². The molecule has 16 heteroatoms. The summed E-state index contributed by atoms with van der Waals surface area (Å²) in [5.41, 5.74) is 5.13.